The number of anilines is 3. The zero-order chi connectivity index (χ0) is 19.1. The first kappa shape index (κ1) is 18.5. The number of para-hydroxylation sites is 2. The van der Waals surface area contributed by atoms with Crippen LogP contribution in [0.5, 0.6) is 5.75 Å². The van der Waals surface area contributed by atoms with Gasteiger partial charge in [0.25, 0.3) is 0 Å². The highest BCUT2D eigenvalue weighted by molar-refractivity contribution is 5.79. The number of hydrogen-bond acceptors (Lipinski definition) is 6. The van der Waals surface area contributed by atoms with Crippen LogP contribution in [-0.2, 0) is 4.79 Å². The standard InChI is InChI=1S/C20H23N5O2/c1-3-11-21-19(26)15-9-13-25(14-10-15)20-22-12-8-18(24-20)23-16-6-4-5-7-17(16)27-2/h1,4-8,12,15H,9-11,13-14H2,2H3,(H,21,26)(H,22,23,24). The molecule has 3 rings (SSSR count). The predicted molar refractivity (Wildman–Crippen MR) is 105 cm³/mol. The number of carbonyl (C=O) groups is 1. The molecule has 2 aromatic rings. The summed E-state index contributed by atoms with van der Waals surface area (Å²) in [5.41, 5.74) is 0.841. The Labute approximate surface area is 159 Å². The molecule has 2 N–H and O–H groups in total. The molecule has 0 unspecified atom stereocenters. The fourth-order valence-electron chi connectivity index (χ4n) is 3.08. The second-order valence-corrected chi connectivity index (χ2v) is 6.25. The Morgan fingerprint density at radius 1 is 1.33 bits per heavy atom. The van der Waals surface area contributed by atoms with Crippen molar-refractivity contribution in [2.45, 2.75) is 12.8 Å². The molecule has 0 aliphatic carbocycles. The average Bonchev–Trinajstić information content (AvgIpc) is 2.72. The minimum atomic E-state index is -0.00973. The summed E-state index contributed by atoms with van der Waals surface area (Å²) in [4.78, 5) is 23.1. The molecule has 0 spiro atoms. The van der Waals surface area contributed by atoms with Crippen molar-refractivity contribution >= 4 is 23.4 Å². The summed E-state index contributed by atoms with van der Waals surface area (Å²) < 4.78 is 5.36. The first-order valence-electron chi connectivity index (χ1n) is 8.90. The lowest BCUT2D eigenvalue weighted by Crippen LogP contribution is -2.41. The van der Waals surface area contributed by atoms with E-state index in [1.807, 2.05) is 30.3 Å². The highest BCUT2D eigenvalue weighted by atomic mass is 16.5. The Bertz CT molecular complexity index is 825. The molecule has 1 aliphatic rings. The molecule has 1 fully saturated rings. The Hall–Kier alpha value is -3.27. The van der Waals surface area contributed by atoms with Crippen molar-refractivity contribution < 1.29 is 9.53 Å². The number of aromatic nitrogens is 2. The van der Waals surface area contributed by atoms with Crippen molar-refractivity contribution in [3.63, 3.8) is 0 Å². The van der Waals surface area contributed by atoms with E-state index >= 15 is 0 Å². The van der Waals surface area contributed by atoms with Crippen LogP contribution >= 0.6 is 0 Å². The van der Waals surface area contributed by atoms with Gasteiger partial charge in [-0.2, -0.15) is 4.98 Å². The smallest absolute Gasteiger partial charge is 0.227 e. The largest absolute Gasteiger partial charge is 0.495 e. The molecule has 0 saturated carbocycles. The quantitative estimate of drug-likeness (QED) is 0.764. The van der Waals surface area contributed by atoms with E-state index in [9.17, 15) is 4.79 Å². The summed E-state index contributed by atoms with van der Waals surface area (Å²) in [6.45, 7) is 1.73. The van der Waals surface area contributed by atoms with Gasteiger partial charge in [0.2, 0.25) is 11.9 Å². The summed E-state index contributed by atoms with van der Waals surface area (Å²) >= 11 is 0. The SMILES string of the molecule is C#CCNC(=O)C1CCN(c2nccc(Nc3ccccc3OC)n2)CC1. The van der Waals surface area contributed by atoms with Gasteiger partial charge in [-0.3, -0.25) is 4.79 Å². The lowest BCUT2D eigenvalue weighted by Gasteiger charge is -2.31. The summed E-state index contributed by atoms with van der Waals surface area (Å²) in [5, 5.41) is 6.02. The van der Waals surface area contributed by atoms with Crippen LogP contribution in [0.15, 0.2) is 36.5 Å². The minimum absolute atomic E-state index is 0.00973. The van der Waals surface area contributed by atoms with Gasteiger partial charge in [-0.05, 0) is 31.0 Å². The number of piperidine rings is 1. The Morgan fingerprint density at radius 2 is 2.11 bits per heavy atom. The van der Waals surface area contributed by atoms with Crippen LogP contribution in [0.25, 0.3) is 0 Å². The van der Waals surface area contributed by atoms with E-state index in [2.05, 4.69) is 31.4 Å². The Morgan fingerprint density at radius 3 is 2.85 bits per heavy atom. The predicted octanol–water partition coefficient (Wildman–Crippen LogP) is 2.19. The number of nitrogens with zero attached hydrogens (tertiary/aromatic N) is 3. The van der Waals surface area contributed by atoms with Gasteiger partial charge in [-0.25, -0.2) is 4.98 Å². The van der Waals surface area contributed by atoms with Gasteiger partial charge in [-0.1, -0.05) is 18.1 Å². The van der Waals surface area contributed by atoms with Crippen LogP contribution in [0.1, 0.15) is 12.8 Å². The molecule has 0 radical (unpaired) electrons. The minimum Gasteiger partial charge on any atom is -0.495 e. The van der Waals surface area contributed by atoms with Crippen molar-refractivity contribution in [1.29, 1.82) is 0 Å². The third-order valence-electron chi connectivity index (χ3n) is 4.53. The normalized spacial score (nSPS) is 14.3. The van der Waals surface area contributed by atoms with E-state index in [0.717, 1.165) is 37.4 Å². The number of ether oxygens (including phenoxy) is 1. The highest BCUT2D eigenvalue weighted by Gasteiger charge is 2.26. The third kappa shape index (κ3) is 4.67. The summed E-state index contributed by atoms with van der Waals surface area (Å²) in [6, 6.07) is 9.49. The van der Waals surface area contributed by atoms with Crippen molar-refractivity contribution in [3.8, 4) is 18.1 Å². The molecule has 1 amide bonds. The highest BCUT2D eigenvalue weighted by Crippen LogP contribution is 2.27. The first-order chi connectivity index (χ1) is 13.2. The van der Waals surface area contributed by atoms with Crippen LogP contribution in [0.3, 0.4) is 0 Å². The van der Waals surface area contributed by atoms with Crippen LogP contribution in [0.4, 0.5) is 17.5 Å². The van der Waals surface area contributed by atoms with Crippen molar-refractivity contribution in [1.82, 2.24) is 15.3 Å². The molecule has 0 atom stereocenters. The molecule has 140 valence electrons. The maximum Gasteiger partial charge on any atom is 0.227 e. The number of nitrogens with one attached hydrogen (secondary N) is 2. The topological polar surface area (TPSA) is 79.4 Å². The fraction of sp³-hybridized carbons (Fsp3) is 0.350. The van der Waals surface area contributed by atoms with Gasteiger partial charge in [0.15, 0.2) is 0 Å². The van der Waals surface area contributed by atoms with Gasteiger partial charge in [0.05, 0.1) is 19.3 Å². The molecular weight excluding hydrogens is 342 g/mol. The van der Waals surface area contributed by atoms with Gasteiger partial charge < -0.3 is 20.3 Å². The summed E-state index contributed by atoms with van der Waals surface area (Å²) in [5.74, 6) is 4.54. The number of rotatable bonds is 6. The average molecular weight is 365 g/mol. The van der Waals surface area contributed by atoms with Crippen LogP contribution in [0, 0.1) is 18.3 Å². The van der Waals surface area contributed by atoms with Gasteiger partial charge >= 0.3 is 0 Å². The number of benzene rings is 1. The molecule has 2 heterocycles. The van der Waals surface area contributed by atoms with Gasteiger partial charge in [-0.15, -0.1) is 6.42 Å². The zero-order valence-electron chi connectivity index (χ0n) is 15.3. The van der Waals surface area contributed by atoms with Crippen LogP contribution in [0.2, 0.25) is 0 Å². The molecular formula is C20H23N5O2. The molecule has 1 saturated heterocycles. The number of hydrogen-bond donors (Lipinski definition) is 2. The van der Waals surface area contributed by atoms with E-state index < -0.39 is 0 Å². The number of amides is 1. The molecule has 0 bridgehead atoms. The number of methoxy groups -OCH3 is 1. The fourth-order valence-corrected chi connectivity index (χ4v) is 3.08. The van der Waals surface area contributed by atoms with Crippen molar-refractivity contribution in [2.24, 2.45) is 5.92 Å². The zero-order valence-corrected chi connectivity index (χ0v) is 15.3. The van der Waals surface area contributed by atoms with Crippen LogP contribution in [-0.4, -0.2) is 42.6 Å². The van der Waals surface area contributed by atoms with E-state index in [0.29, 0.717) is 11.8 Å². The van der Waals surface area contributed by atoms with E-state index in [1.54, 1.807) is 13.3 Å². The third-order valence-corrected chi connectivity index (χ3v) is 4.53. The maximum atomic E-state index is 12.0. The molecule has 27 heavy (non-hydrogen) atoms. The van der Waals surface area contributed by atoms with E-state index in [1.165, 1.54) is 0 Å². The molecule has 7 heteroatoms. The van der Waals surface area contributed by atoms with Crippen molar-refractivity contribution in [2.75, 3.05) is 37.0 Å². The second kappa shape index (κ2) is 8.90. The lowest BCUT2D eigenvalue weighted by atomic mass is 9.96. The summed E-state index contributed by atoms with van der Waals surface area (Å²) in [6.07, 6.45) is 8.42. The second-order valence-electron chi connectivity index (χ2n) is 6.25. The molecule has 1 aliphatic heterocycles. The molecule has 1 aromatic heterocycles. The van der Waals surface area contributed by atoms with Crippen LogP contribution < -0.4 is 20.3 Å². The first-order valence-corrected chi connectivity index (χ1v) is 8.90. The van der Waals surface area contributed by atoms with Gasteiger partial charge in [0, 0.05) is 25.2 Å². The summed E-state index contributed by atoms with van der Waals surface area (Å²) in [7, 11) is 1.63. The Kier molecular flexibility index (Phi) is 6.10. The maximum absolute atomic E-state index is 12.0. The number of carbonyl (C=O) groups excluding carboxylic acids is 1. The molecule has 1 aromatic carbocycles. The van der Waals surface area contributed by atoms with E-state index in [-0.39, 0.29) is 18.4 Å². The lowest BCUT2D eigenvalue weighted by molar-refractivity contribution is -0.125. The monoisotopic (exact) mass is 365 g/mol. The molecule has 7 nitrogen and oxygen atoms in total. The number of terminal acetylenes is 1. The Balaban J connectivity index is 1.63. The van der Waals surface area contributed by atoms with Gasteiger partial charge in [0.1, 0.15) is 11.6 Å². The van der Waals surface area contributed by atoms with E-state index in [4.69, 9.17) is 11.2 Å². The van der Waals surface area contributed by atoms with Crippen molar-refractivity contribution in [3.05, 3.63) is 36.5 Å².